The number of methoxy groups -OCH3 is 1. The van der Waals surface area contributed by atoms with Gasteiger partial charge in [0.25, 0.3) is 5.91 Å². The highest BCUT2D eigenvalue weighted by molar-refractivity contribution is 7.91. The van der Waals surface area contributed by atoms with Crippen LogP contribution in [0.15, 0.2) is 93.1 Å². The lowest BCUT2D eigenvalue weighted by atomic mass is 10.3. The number of sulfone groups is 1. The minimum absolute atomic E-state index is 0.0372. The van der Waals surface area contributed by atoms with Crippen molar-refractivity contribution in [2.24, 2.45) is 0 Å². The number of furan rings is 1. The highest BCUT2D eigenvalue weighted by Gasteiger charge is 2.21. The zero-order valence-electron chi connectivity index (χ0n) is 20.1. The number of carbonyl (C=O) groups excluding carboxylic acids is 1. The van der Waals surface area contributed by atoms with Crippen molar-refractivity contribution in [3.63, 3.8) is 0 Å². The minimum atomic E-state index is -3.88. The highest BCUT2D eigenvalue weighted by Crippen LogP contribution is 2.29. The molecule has 0 aliphatic rings. The molecule has 0 saturated carbocycles. The number of anilines is 1. The summed E-state index contributed by atoms with van der Waals surface area (Å²) >= 11 is 5.88. The third-order valence-electron chi connectivity index (χ3n) is 5.21. The number of rotatable bonds is 10. The summed E-state index contributed by atoms with van der Waals surface area (Å²) in [6.45, 7) is 2.60. The van der Waals surface area contributed by atoms with Crippen molar-refractivity contribution in [2.75, 3.05) is 19.0 Å². The number of hydrogen-bond donors (Lipinski definition) is 1. The smallest absolute Gasteiger partial charge is 0.291 e. The topological polar surface area (TPSA) is 104 Å². The number of hydrogen-bond acceptors (Lipinski definition) is 7. The molecule has 0 aliphatic carbocycles. The van der Waals surface area contributed by atoms with E-state index in [9.17, 15) is 13.2 Å². The molecule has 0 bridgehead atoms. The molecule has 0 saturated heterocycles. The predicted octanol–water partition coefficient (Wildman–Crippen LogP) is 6.00. The molecule has 37 heavy (non-hydrogen) atoms. The molecule has 0 spiro atoms. The molecule has 1 N–H and O–H groups in total. The Kier molecular flexibility index (Phi) is 8.05. The van der Waals surface area contributed by atoms with Crippen molar-refractivity contribution in [1.82, 2.24) is 0 Å². The van der Waals surface area contributed by atoms with Crippen molar-refractivity contribution in [3.8, 4) is 17.2 Å². The van der Waals surface area contributed by atoms with Crippen LogP contribution in [0, 0.1) is 0 Å². The molecule has 1 heterocycles. The monoisotopic (exact) mass is 541 g/mol. The normalized spacial score (nSPS) is 11.1. The first kappa shape index (κ1) is 26.1. The summed E-state index contributed by atoms with van der Waals surface area (Å²) in [5, 5.41) is 3.08. The Morgan fingerprint density at radius 1 is 0.865 bits per heavy atom. The van der Waals surface area contributed by atoms with E-state index in [1.807, 2.05) is 6.92 Å². The van der Waals surface area contributed by atoms with Crippen LogP contribution in [-0.4, -0.2) is 28.0 Å². The Bertz CT molecular complexity index is 1480. The van der Waals surface area contributed by atoms with E-state index in [1.165, 1.54) is 55.6 Å². The van der Waals surface area contributed by atoms with Gasteiger partial charge in [0.2, 0.25) is 9.84 Å². The van der Waals surface area contributed by atoms with Crippen molar-refractivity contribution < 1.29 is 31.8 Å². The fourth-order valence-corrected chi connectivity index (χ4v) is 4.84. The molecular formula is C27H24ClNO7S. The van der Waals surface area contributed by atoms with E-state index in [1.54, 1.807) is 30.3 Å². The average molecular weight is 542 g/mol. The summed E-state index contributed by atoms with van der Waals surface area (Å²) in [6.07, 6.45) is 0. The van der Waals surface area contributed by atoms with Crippen molar-refractivity contribution in [1.29, 1.82) is 0 Å². The van der Waals surface area contributed by atoms with Crippen molar-refractivity contribution >= 4 is 33.0 Å². The molecule has 1 aromatic heterocycles. The van der Waals surface area contributed by atoms with Gasteiger partial charge in [-0.05, 0) is 79.7 Å². The number of carbonyl (C=O) groups is 1. The Balaban J connectivity index is 1.46. The van der Waals surface area contributed by atoms with Crippen LogP contribution in [-0.2, 0) is 16.4 Å². The SMILES string of the molecule is CCOc1ccc(OCc2ccc(C(=O)Nc3cc(OC)cc(S(=O)(=O)c4ccc(Cl)cc4)c3)o2)cc1. The lowest BCUT2D eigenvalue weighted by molar-refractivity contribution is 0.0992. The Hall–Kier alpha value is -3.95. The van der Waals surface area contributed by atoms with Gasteiger partial charge < -0.3 is 23.9 Å². The first-order valence-electron chi connectivity index (χ1n) is 11.2. The summed E-state index contributed by atoms with van der Waals surface area (Å²) in [4.78, 5) is 12.8. The van der Waals surface area contributed by atoms with Gasteiger partial charge in [-0.3, -0.25) is 4.79 Å². The van der Waals surface area contributed by atoms with E-state index in [-0.39, 0.29) is 33.6 Å². The van der Waals surface area contributed by atoms with Gasteiger partial charge in [0, 0.05) is 16.8 Å². The van der Waals surface area contributed by atoms with Gasteiger partial charge in [0.15, 0.2) is 5.76 Å². The van der Waals surface area contributed by atoms with Crippen LogP contribution >= 0.6 is 11.6 Å². The minimum Gasteiger partial charge on any atom is -0.497 e. The van der Waals surface area contributed by atoms with Gasteiger partial charge in [-0.2, -0.15) is 0 Å². The second-order valence-corrected chi connectivity index (χ2v) is 10.2. The van der Waals surface area contributed by atoms with Crippen LogP contribution in [0.25, 0.3) is 0 Å². The van der Waals surface area contributed by atoms with Crippen molar-refractivity contribution in [2.45, 2.75) is 23.3 Å². The first-order valence-corrected chi connectivity index (χ1v) is 13.1. The van der Waals surface area contributed by atoms with E-state index < -0.39 is 15.7 Å². The number of halogens is 1. The van der Waals surface area contributed by atoms with Gasteiger partial charge in [0.05, 0.1) is 23.5 Å². The molecule has 0 aliphatic heterocycles. The third kappa shape index (κ3) is 6.44. The van der Waals surface area contributed by atoms with Gasteiger partial charge in [0.1, 0.15) is 29.6 Å². The van der Waals surface area contributed by atoms with Gasteiger partial charge in [-0.25, -0.2) is 8.42 Å². The maximum Gasteiger partial charge on any atom is 0.291 e. The summed E-state index contributed by atoms with van der Waals surface area (Å²) in [5.74, 6) is 1.54. The van der Waals surface area contributed by atoms with Gasteiger partial charge >= 0.3 is 0 Å². The molecule has 3 aromatic carbocycles. The van der Waals surface area contributed by atoms with Crippen LogP contribution < -0.4 is 19.5 Å². The zero-order valence-corrected chi connectivity index (χ0v) is 21.6. The Morgan fingerprint density at radius 3 is 2.19 bits per heavy atom. The number of nitrogens with one attached hydrogen (secondary N) is 1. The van der Waals surface area contributed by atoms with Crippen molar-refractivity contribution in [3.05, 3.63) is 95.4 Å². The van der Waals surface area contributed by atoms with E-state index in [2.05, 4.69) is 5.32 Å². The van der Waals surface area contributed by atoms with Crippen LogP contribution in [0.2, 0.25) is 5.02 Å². The second kappa shape index (κ2) is 11.4. The lowest BCUT2D eigenvalue weighted by Gasteiger charge is -2.11. The summed E-state index contributed by atoms with van der Waals surface area (Å²) in [5.41, 5.74) is 0.223. The second-order valence-electron chi connectivity index (χ2n) is 7.77. The highest BCUT2D eigenvalue weighted by atomic mass is 35.5. The standard InChI is InChI=1S/C27H24ClNO7S/c1-3-34-20-6-8-21(9-7-20)35-17-22-10-13-26(36-22)27(30)29-19-14-23(33-2)16-25(15-19)37(31,32)24-11-4-18(28)5-12-24/h4-16H,3,17H2,1-2H3,(H,29,30). The molecule has 10 heteroatoms. The van der Waals surface area contributed by atoms with E-state index in [0.29, 0.717) is 23.1 Å². The van der Waals surface area contributed by atoms with E-state index >= 15 is 0 Å². The molecule has 0 radical (unpaired) electrons. The molecule has 0 fully saturated rings. The number of benzene rings is 3. The van der Waals surface area contributed by atoms with Crippen LogP contribution in [0.5, 0.6) is 17.2 Å². The molecule has 0 atom stereocenters. The molecule has 8 nitrogen and oxygen atoms in total. The quantitative estimate of drug-likeness (QED) is 0.262. The Labute approximate surface area is 219 Å². The average Bonchev–Trinajstić information content (AvgIpc) is 3.38. The number of amides is 1. The van der Waals surface area contributed by atoms with Crippen LogP contribution in [0.3, 0.4) is 0 Å². The predicted molar refractivity (Wildman–Crippen MR) is 139 cm³/mol. The summed E-state index contributed by atoms with van der Waals surface area (Å²) in [6, 6.07) is 20.3. The fraction of sp³-hybridized carbons (Fsp3) is 0.148. The maximum absolute atomic E-state index is 13.1. The first-order chi connectivity index (χ1) is 17.8. The van der Waals surface area contributed by atoms with E-state index in [0.717, 1.165) is 5.75 Å². The van der Waals surface area contributed by atoms with Crippen LogP contribution in [0.1, 0.15) is 23.2 Å². The largest absolute Gasteiger partial charge is 0.497 e. The molecule has 192 valence electrons. The van der Waals surface area contributed by atoms with Gasteiger partial charge in [-0.1, -0.05) is 11.6 Å². The molecule has 0 unspecified atom stereocenters. The maximum atomic E-state index is 13.1. The lowest BCUT2D eigenvalue weighted by Crippen LogP contribution is -2.12. The van der Waals surface area contributed by atoms with Crippen LogP contribution in [0.4, 0.5) is 5.69 Å². The molecule has 1 amide bonds. The third-order valence-corrected chi connectivity index (χ3v) is 7.21. The summed E-state index contributed by atoms with van der Waals surface area (Å²) < 4.78 is 48.2. The van der Waals surface area contributed by atoms with Gasteiger partial charge in [-0.15, -0.1) is 0 Å². The Morgan fingerprint density at radius 2 is 1.54 bits per heavy atom. The molecule has 4 aromatic rings. The molecule has 4 rings (SSSR count). The zero-order chi connectivity index (χ0) is 26.4. The summed E-state index contributed by atoms with van der Waals surface area (Å²) in [7, 11) is -2.48. The van der Waals surface area contributed by atoms with E-state index in [4.69, 9.17) is 30.2 Å². The molecular weight excluding hydrogens is 518 g/mol. The fourth-order valence-electron chi connectivity index (χ4n) is 3.39. The number of ether oxygens (including phenoxy) is 3.